The topological polar surface area (TPSA) is 52.3 Å². The molecule has 0 aromatic heterocycles. The minimum Gasteiger partial charge on any atom is -0.444 e. The summed E-state index contributed by atoms with van der Waals surface area (Å²) in [6.45, 7) is 7.51. The number of nitrogens with two attached hydrogens (primary N) is 1. The molecule has 0 saturated heterocycles. The zero-order chi connectivity index (χ0) is 15.8. The van der Waals surface area contributed by atoms with Gasteiger partial charge in [-0.1, -0.05) is 29.3 Å². The summed E-state index contributed by atoms with van der Waals surface area (Å²) < 4.78 is 7.14. The SMILES string of the molecule is CC(C)(C)OC(N)=O.CCCCc1cc(Br)ccc1I. The Hall–Kier alpha value is -0.300. The number of aryl methyl sites for hydroxylation is 1. The first-order valence-electron chi connectivity index (χ1n) is 6.58. The van der Waals surface area contributed by atoms with E-state index in [1.807, 2.05) is 0 Å². The van der Waals surface area contributed by atoms with Gasteiger partial charge in [0.05, 0.1) is 0 Å². The number of hydrogen-bond donors (Lipinski definition) is 1. The largest absolute Gasteiger partial charge is 0.444 e. The van der Waals surface area contributed by atoms with E-state index >= 15 is 0 Å². The number of primary amides is 1. The van der Waals surface area contributed by atoms with Gasteiger partial charge in [-0.25, -0.2) is 4.79 Å². The van der Waals surface area contributed by atoms with Crippen LogP contribution in [0.1, 0.15) is 46.1 Å². The van der Waals surface area contributed by atoms with Crippen LogP contribution in [0.25, 0.3) is 0 Å². The lowest BCUT2D eigenvalue weighted by molar-refractivity contribution is 0.0600. The van der Waals surface area contributed by atoms with Gasteiger partial charge >= 0.3 is 6.09 Å². The molecule has 0 fully saturated rings. The summed E-state index contributed by atoms with van der Waals surface area (Å²) >= 11 is 5.88. The van der Waals surface area contributed by atoms with E-state index in [2.05, 4.69) is 68.4 Å². The maximum Gasteiger partial charge on any atom is 0.405 e. The van der Waals surface area contributed by atoms with E-state index in [0.29, 0.717) is 0 Å². The van der Waals surface area contributed by atoms with Crippen LogP contribution in [0.4, 0.5) is 4.79 Å². The first kappa shape index (κ1) is 19.7. The van der Waals surface area contributed by atoms with Gasteiger partial charge in [-0.05, 0) is 80.0 Å². The van der Waals surface area contributed by atoms with Gasteiger partial charge in [0.2, 0.25) is 0 Å². The molecule has 0 bridgehead atoms. The molecule has 0 atom stereocenters. The molecule has 1 aromatic carbocycles. The minimum absolute atomic E-state index is 0.453. The highest BCUT2D eigenvalue weighted by atomic mass is 127. The second-order valence-electron chi connectivity index (χ2n) is 5.37. The summed E-state index contributed by atoms with van der Waals surface area (Å²) in [5, 5.41) is 0. The number of unbranched alkanes of at least 4 members (excludes halogenated alkanes) is 1. The van der Waals surface area contributed by atoms with E-state index in [9.17, 15) is 4.79 Å². The van der Waals surface area contributed by atoms with Crippen molar-refractivity contribution < 1.29 is 9.53 Å². The molecule has 0 aliphatic rings. The number of carbonyl (C=O) groups is 1. The van der Waals surface area contributed by atoms with Crippen molar-refractivity contribution in [2.75, 3.05) is 0 Å². The predicted molar refractivity (Wildman–Crippen MR) is 95.9 cm³/mol. The van der Waals surface area contributed by atoms with Crippen LogP contribution in [-0.2, 0) is 11.2 Å². The molecular formula is C15H23BrINO2. The number of carbonyl (C=O) groups excluding carboxylic acids is 1. The molecule has 2 N–H and O–H groups in total. The summed E-state index contributed by atoms with van der Waals surface area (Å²) in [5.74, 6) is 0. The van der Waals surface area contributed by atoms with Crippen LogP contribution in [0.5, 0.6) is 0 Å². The molecule has 1 amide bonds. The third-order valence-electron chi connectivity index (χ3n) is 2.21. The van der Waals surface area contributed by atoms with E-state index in [4.69, 9.17) is 5.73 Å². The van der Waals surface area contributed by atoms with E-state index in [1.54, 1.807) is 20.8 Å². The molecule has 1 aromatic rings. The van der Waals surface area contributed by atoms with E-state index in [1.165, 1.54) is 32.9 Å². The van der Waals surface area contributed by atoms with Crippen molar-refractivity contribution in [3.63, 3.8) is 0 Å². The molecule has 0 saturated carbocycles. The molecule has 0 unspecified atom stereocenters. The average molecular weight is 456 g/mol. The summed E-state index contributed by atoms with van der Waals surface area (Å²) in [7, 11) is 0. The number of rotatable bonds is 3. The van der Waals surface area contributed by atoms with Crippen LogP contribution in [0, 0.1) is 3.57 Å². The Bertz CT molecular complexity index is 430. The predicted octanol–water partition coefficient (Wildman–Crippen LogP) is 5.28. The highest BCUT2D eigenvalue weighted by molar-refractivity contribution is 14.1. The smallest absolute Gasteiger partial charge is 0.405 e. The molecule has 0 heterocycles. The van der Waals surface area contributed by atoms with Crippen LogP contribution >= 0.6 is 38.5 Å². The molecule has 114 valence electrons. The molecule has 0 aliphatic carbocycles. The lowest BCUT2D eigenvalue weighted by Crippen LogP contribution is -2.27. The Kier molecular flexibility index (Phi) is 9.46. The van der Waals surface area contributed by atoms with Crippen LogP contribution in [0.3, 0.4) is 0 Å². The summed E-state index contributed by atoms with van der Waals surface area (Å²) in [5.41, 5.74) is 5.73. The van der Waals surface area contributed by atoms with Gasteiger partial charge in [-0.2, -0.15) is 0 Å². The number of benzene rings is 1. The average Bonchev–Trinajstić information content (AvgIpc) is 2.28. The van der Waals surface area contributed by atoms with Crippen molar-refractivity contribution in [2.45, 2.75) is 52.6 Å². The van der Waals surface area contributed by atoms with Gasteiger partial charge in [-0.3, -0.25) is 0 Å². The molecule has 0 spiro atoms. The summed E-state index contributed by atoms with van der Waals surface area (Å²) in [6, 6.07) is 6.48. The minimum atomic E-state index is -0.725. The Morgan fingerprint density at radius 2 is 2.00 bits per heavy atom. The number of ether oxygens (including phenoxy) is 1. The van der Waals surface area contributed by atoms with Crippen LogP contribution in [-0.4, -0.2) is 11.7 Å². The molecule has 0 radical (unpaired) electrons. The van der Waals surface area contributed by atoms with Crippen molar-refractivity contribution in [3.05, 3.63) is 31.8 Å². The van der Waals surface area contributed by atoms with Gasteiger partial charge in [-0.15, -0.1) is 0 Å². The summed E-state index contributed by atoms with van der Waals surface area (Å²) in [4.78, 5) is 10.0. The summed E-state index contributed by atoms with van der Waals surface area (Å²) in [6.07, 6.45) is 3.03. The zero-order valence-corrected chi connectivity index (χ0v) is 16.2. The van der Waals surface area contributed by atoms with Gasteiger partial charge in [0.25, 0.3) is 0 Å². The van der Waals surface area contributed by atoms with Crippen LogP contribution in [0.2, 0.25) is 0 Å². The van der Waals surface area contributed by atoms with Crippen molar-refractivity contribution in [1.29, 1.82) is 0 Å². The molecule has 1 rings (SSSR count). The van der Waals surface area contributed by atoms with Gasteiger partial charge in [0.1, 0.15) is 5.60 Å². The van der Waals surface area contributed by atoms with E-state index < -0.39 is 11.7 Å². The number of halogens is 2. The second-order valence-corrected chi connectivity index (χ2v) is 7.45. The Morgan fingerprint density at radius 3 is 2.40 bits per heavy atom. The lowest BCUT2D eigenvalue weighted by Gasteiger charge is -2.16. The van der Waals surface area contributed by atoms with Gasteiger partial charge in [0.15, 0.2) is 0 Å². The van der Waals surface area contributed by atoms with Crippen molar-refractivity contribution >= 4 is 44.6 Å². The molecular weight excluding hydrogens is 433 g/mol. The normalized spacial score (nSPS) is 10.5. The number of amides is 1. The first-order chi connectivity index (χ1) is 9.15. The highest BCUT2D eigenvalue weighted by Crippen LogP contribution is 2.19. The Morgan fingerprint density at radius 1 is 1.40 bits per heavy atom. The third kappa shape index (κ3) is 10.5. The standard InChI is InChI=1S/C10H12BrI.C5H11NO2/c1-2-3-4-8-7-9(11)5-6-10(8)12;1-5(2,3)8-4(6)7/h5-7H,2-4H2,1H3;1-3H3,(H2,6,7). The fourth-order valence-electron chi connectivity index (χ4n) is 1.40. The van der Waals surface area contributed by atoms with E-state index in [-0.39, 0.29) is 0 Å². The lowest BCUT2D eigenvalue weighted by atomic mass is 10.1. The molecule has 20 heavy (non-hydrogen) atoms. The van der Waals surface area contributed by atoms with Crippen LogP contribution < -0.4 is 5.73 Å². The molecule has 0 aliphatic heterocycles. The van der Waals surface area contributed by atoms with Crippen molar-refractivity contribution in [2.24, 2.45) is 5.73 Å². The zero-order valence-electron chi connectivity index (χ0n) is 12.5. The van der Waals surface area contributed by atoms with Gasteiger partial charge in [0, 0.05) is 8.04 Å². The molecule has 5 heteroatoms. The number of hydrogen-bond acceptors (Lipinski definition) is 2. The quantitative estimate of drug-likeness (QED) is 0.630. The maximum absolute atomic E-state index is 10.0. The van der Waals surface area contributed by atoms with Crippen LogP contribution in [0.15, 0.2) is 22.7 Å². The fourth-order valence-corrected chi connectivity index (χ4v) is 2.42. The Balaban J connectivity index is 0.000000396. The highest BCUT2D eigenvalue weighted by Gasteiger charge is 2.12. The Labute approximate surface area is 143 Å². The third-order valence-corrected chi connectivity index (χ3v) is 3.76. The van der Waals surface area contributed by atoms with Crippen molar-refractivity contribution in [3.8, 4) is 0 Å². The molecule has 3 nitrogen and oxygen atoms in total. The maximum atomic E-state index is 10.0. The first-order valence-corrected chi connectivity index (χ1v) is 8.45. The fraction of sp³-hybridized carbons (Fsp3) is 0.533. The second kappa shape index (κ2) is 9.60. The van der Waals surface area contributed by atoms with Gasteiger partial charge < -0.3 is 10.5 Å². The van der Waals surface area contributed by atoms with E-state index in [0.717, 1.165) is 0 Å². The monoisotopic (exact) mass is 455 g/mol. The van der Waals surface area contributed by atoms with Crippen molar-refractivity contribution in [1.82, 2.24) is 0 Å².